The van der Waals surface area contributed by atoms with Crippen LogP contribution >= 0.6 is 0 Å². The number of carbonyl (C=O) groups excluding carboxylic acids is 2. The van der Waals surface area contributed by atoms with E-state index < -0.39 is 47.4 Å². The molecule has 0 saturated carbocycles. The number of aliphatic imine (C=N–C) groups is 1. The number of primary amides is 1. The van der Waals surface area contributed by atoms with Crippen molar-refractivity contribution in [1.82, 2.24) is 15.2 Å². The van der Waals surface area contributed by atoms with E-state index in [9.17, 15) is 35.9 Å². The van der Waals surface area contributed by atoms with E-state index in [1.165, 1.54) is 19.2 Å². The number of nitrogens with zero attached hydrogens (tertiary/aromatic N) is 3. The minimum atomic E-state index is -5.06. The van der Waals surface area contributed by atoms with E-state index in [0.717, 1.165) is 30.3 Å². The Labute approximate surface area is 223 Å². The summed E-state index contributed by atoms with van der Waals surface area (Å²) in [4.78, 5) is 31.6. The lowest BCUT2D eigenvalue weighted by molar-refractivity contribution is -0.191. The van der Waals surface area contributed by atoms with Crippen molar-refractivity contribution in [3.05, 3.63) is 77.0 Å². The molecular weight excluding hydrogens is 546 g/mol. The van der Waals surface area contributed by atoms with Gasteiger partial charge in [0.2, 0.25) is 0 Å². The average molecular weight is 570 g/mol. The summed E-state index contributed by atoms with van der Waals surface area (Å²) in [5, 5.41) is 5.06. The summed E-state index contributed by atoms with van der Waals surface area (Å²) in [5.41, 5.74) is 13.2. The lowest BCUT2D eigenvalue weighted by Gasteiger charge is -2.36. The molecule has 3 rings (SSSR count). The summed E-state index contributed by atoms with van der Waals surface area (Å²) in [6.45, 7) is -0.268. The molecule has 2 heterocycles. The van der Waals surface area contributed by atoms with Crippen LogP contribution in [0, 0.1) is 0 Å². The smallest absolute Gasteiger partial charge is 0.403 e. The van der Waals surface area contributed by atoms with Gasteiger partial charge < -0.3 is 32.7 Å². The zero-order valence-corrected chi connectivity index (χ0v) is 20.8. The average Bonchev–Trinajstić information content (AvgIpc) is 2.88. The summed E-state index contributed by atoms with van der Waals surface area (Å²) in [5.74, 6) is -2.48. The molecule has 1 aromatic carbocycles. The number of hydrogen-bond acceptors (Lipinski definition) is 8. The second kappa shape index (κ2) is 11.5. The van der Waals surface area contributed by atoms with Gasteiger partial charge in [-0.05, 0) is 29.8 Å². The Morgan fingerprint density at radius 2 is 1.77 bits per heavy atom. The molecule has 0 fully saturated rings. The highest BCUT2D eigenvalue weighted by Gasteiger charge is 2.48. The number of pyridine rings is 1. The first-order valence-corrected chi connectivity index (χ1v) is 11.4. The van der Waals surface area contributed by atoms with Crippen LogP contribution in [0.1, 0.15) is 28.5 Å². The highest BCUT2D eigenvalue weighted by Crippen LogP contribution is 2.40. The van der Waals surface area contributed by atoms with E-state index in [0.29, 0.717) is 16.8 Å². The predicted octanol–water partition coefficient (Wildman–Crippen LogP) is 2.95. The first-order chi connectivity index (χ1) is 18.7. The van der Waals surface area contributed by atoms with Crippen LogP contribution in [0.15, 0.2) is 70.7 Å². The quantitative estimate of drug-likeness (QED) is 0.241. The fourth-order valence-electron chi connectivity index (χ4n) is 3.90. The van der Waals surface area contributed by atoms with Crippen LogP contribution in [0.5, 0.6) is 0 Å². The summed E-state index contributed by atoms with van der Waals surface area (Å²) in [6.07, 6.45) is -9.30. The molecule has 2 aromatic rings. The number of nitrogens with one attached hydrogen (secondary N) is 2. The van der Waals surface area contributed by atoms with E-state index in [2.05, 4.69) is 20.6 Å². The normalized spacial score (nSPS) is 16.2. The minimum absolute atomic E-state index is 0.0704. The van der Waals surface area contributed by atoms with E-state index in [1.54, 1.807) is 0 Å². The van der Waals surface area contributed by atoms with Crippen molar-refractivity contribution in [2.45, 2.75) is 24.8 Å². The zero-order valence-electron chi connectivity index (χ0n) is 20.8. The summed E-state index contributed by atoms with van der Waals surface area (Å²) in [7, 11) is 1.49. The van der Waals surface area contributed by atoms with Crippen molar-refractivity contribution >= 4 is 29.0 Å². The van der Waals surface area contributed by atoms with Crippen molar-refractivity contribution in [2.24, 2.45) is 22.2 Å². The number of halogens is 6. The Balaban J connectivity index is 1.93. The lowest BCUT2D eigenvalue weighted by Crippen LogP contribution is -2.48. The highest BCUT2D eigenvalue weighted by atomic mass is 19.4. The van der Waals surface area contributed by atoms with Crippen LogP contribution in [0.2, 0.25) is 0 Å². The second-order valence-corrected chi connectivity index (χ2v) is 8.37. The second-order valence-electron chi connectivity index (χ2n) is 8.37. The topological polar surface area (TPSA) is 165 Å². The molecule has 1 atom stereocenters. The maximum absolute atomic E-state index is 14.1. The monoisotopic (exact) mass is 570 g/mol. The Hall–Kier alpha value is -4.76. The molecule has 1 aromatic heterocycles. The van der Waals surface area contributed by atoms with Gasteiger partial charge in [0.1, 0.15) is 11.4 Å². The van der Waals surface area contributed by atoms with Crippen LogP contribution < -0.4 is 27.8 Å². The Morgan fingerprint density at radius 1 is 1.12 bits per heavy atom. The molecule has 1 aliphatic rings. The Kier molecular flexibility index (Phi) is 8.60. The van der Waals surface area contributed by atoms with Gasteiger partial charge in [0.05, 0.1) is 5.70 Å². The van der Waals surface area contributed by atoms with Gasteiger partial charge in [-0.1, -0.05) is 18.2 Å². The van der Waals surface area contributed by atoms with Crippen LogP contribution in [0.25, 0.3) is 0 Å². The third kappa shape index (κ3) is 6.62. The molecule has 0 aliphatic carbocycles. The third-order valence-electron chi connectivity index (χ3n) is 5.75. The molecule has 1 aliphatic heterocycles. The number of hydrogen-bond donors (Lipinski definition) is 5. The number of nitrogens with two attached hydrogens (primary N) is 3. The summed E-state index contributed by atoms with van der Waals surface area (Å²) >= 11 is 0. The SMILES string of the molecule is CNC1=C(N)C(=O)N(C(c2ccc(NC(=C/N)/C(=N/c3cccc(C(N)=O)n3)C(F)(F)F)cc2)C(F)(F)F)CC1. The molecule has 0 saturated heterocycles. The van der Waals surface area contributed by atoms with Crippen molar-refractivity contribution in [3.8, 4) is 0 Å². The molecule has 0 bridgehead atoms. The molecule has 16 heteroatoms. The number of alkyl halides is 6. The molecule has 2 amide bonds. The fourth-order valence-corrected chi connectivity index (χ4v) is 3.90. The molecule has 0 radical (unpaired) electrons. The molecule has 10 nitrogen and oxygen atoms in total. The van der Waals surface area contributed by atoms with E-state index >= 15 is 0 Å². The van der Waals surface area contributed by atoms with Gasteiger partial charge in [-0.3, -0.25) is 9.59 Å². The standard InChI is InChI=1S/C24H24F6N8O2/c1-34-14-9-10-38(22(40)18(14)32)20(24(28,29)30)12-5-7-13(8-6-12)35-16(11-31)19(23(25,26)27)37-17-4-2-3-15(36-17)21(33)39/h2-8,11,20,34-35H,9-10,31-32H2,1H3,(H2,33,39)/b16-11+,37-19-. The largest absolute Gasteiger partial charge is 0.435 e. The maximum atomic E-state index is 14.1. The molecular formula is C24H24F6N8O2. The Morgan fingerprint density at radius 3 is 2.30 bits per heavy atom. The van der Waals surface area contributed by atoms with Gasteiger partial charge in [-0.2, -0.15) is 26.3 Å². The summed E-state index contributed by atoms with van der Waals surface area (Å²) < 4.78 is 83.8. The van der Waals surface area contributed by atoms with Gasteiger partial charge in [0.25, 0.3) is 11.8 Å². The first-order valence-electron chi connectivity index (χ1n) is 11.4. The van der Waals surface area contributed by atoms with Crippen LogP contribution in [0.3, 0.4) is 0 Å². The van der Waals surface area contributed by atoms with Gasteiger partial charge >= 0.3 is 12.4 Å². The third-order valence-corrected chi connectivity index (χ3v) is 5.75. The lowest BCUT2D eigenvalue weighted by atomic mass is 10.0. The minimum Gasteiger partial charge on any atom is -0.403 e. The number of anilines is 1. The van der Waals surface area contributed by atoms with Gasteiger partial charge in [-0.25, -0.2) is 9.98 Å². The number of benzene rings is 1. The summed E-state index contributed by atoms with van der Waals surface area (Å²) in [6, 6.07) is 5.35. The van der Waals surface area contributed by atoms with E-state index in [4.69, 9.17) is 17.2 Å². The van der Waals surface area contributed by atoms with Gasteiger partial charge in [0.15, 0.2) is 17.6 Å². The molecule has 8 N–H and O–H groups in total. The van der Waals surface area contributed by atoms with Crippen LogP contribution in [-0.4, -0.2) is 53.4 Å². The van der Waals surface area contributed by atoms with Crippen molar-refractivity contribution in [1.29, 1.82) is 0 Å². The number of amides is 2. The van der Waals surface area contributed by atoms with E-state index in [-0.39, 0.29) is 35.6 Å². The van der Waals surface area contributed by atoms with Crippen molar-refractivity contribution < 1.29 is 35.9 Å². The van der Waals surface area contributed by atoms with Crippen LogP contribution in [-0.2, 0) is 4.79 Å². The number of rotatable bonds is 8. The van der Waals surface area contributed by atoms with Crippen molar-refractivity contribution in [2.75, 3.05) is 18.9 Å². The zero-order chi connectivity index (χ0) is 29.8. The van der Waals surface area contributed by atoms with Crippen molar-refractivity contribution in [3.63, 3.8) is 0 Å². The van der Waals surface area contributed by atoms with Gasteiger partial charge in [-0.15, -0.1) is 0 Å². The number of carbonyl (C=O) groups is 2. The molecule has 40 heavy (non-hydrogen) atoms. The maximum Gasteiger partial charge on any atom is 0.435 e. The molecule has 0 spiro atoms. The predicted molar refractivity (Wildman–Crippen MR) is 134 cm³/mol. The highest BCUT2D eigenvalue weighted by molar-refractivity contribution is 6.07. The van der Waals surface area contributed by atoms with Gasteiger partial charge in [0, 0.05) is 37.6 Å². The van der Waals surface area contributed by atoms with Crippen LogP contribution in [0.4, 0.5) is 37.8 Å². The number of allylic oxidation sites excluding steroid dienone is 1. The Bertz CT molecular complexity index is 1370. The number of aromatic nitrogens is 1. The first kappa shape index (κ1) is 29.8. The molecule has 214 valence electrons. The molecule has 1 unspecified atom stereocenters. The van der Waals surface area contributed by atoms with E-state index in [1.807, 2.05) is 0 Å². The fraction of sp³-hybridized carbons (Fsp3) is 0.250.